The predicted molar refractivity (Wildman–Crippen MR) is 301 cm³/mol. The normalized spacial score (nSPS) is 17.2. The maximum absolute atomic E-state index is 13.8. The Morgan fingerprint density at radius 2 is 0.721 bits per heavy atom. The Labute approximate surface area is 500 Å². The molecule has 10 atom stereocenters. The van der Waals surface area contributed by atoms with Crippen LogP contribution in [0.4, 0.5) is 0 Å². The van der Waals surface area contributed by atoms with Gasteiger partial charge in [-0.25, -0.2) is 9.59 Å². The van der Waals surface area contributed by atoms with Crippen LogP contribution < -0.4 is 64.6 Å². The quantitative estimate of drug-likeness (QED) is 0.0253. The maximum Gasteiger partial charge on any atom is 0.326 e. The highest BCUT2D eigenvalue weighted by atomic mass is 32.2. The average Bonchev–Trinajstić information content (AvgIpc) is 4.25. The standard InChI is InChI=1S/C50H78N12O22S2/c51-17-3-1-7-29(49(81)82)57-47(79)33(61-45(77)31(21-39(69)70)59-43(75)27(11-15-37(65)66)55-41(73)25-9-13-35(63)53-25)23-85-19-5-6-20-86-24-34(48(80)58-30(50(83)84)8-2-4-18-52)62-46(78)32(22-40(71)72)60-44(76)28(12-16-38(67)68)56-42(74)26-10-14-36(64)54-26/h25-34H,1-24,51-52H2,(H,53,63)(H,54,64)(H,55,73)(H,56,74)(H,57,79)(H,58,80)(H,59,75)(H,60,76)(H,61,77)(H,62,78)(H,65,66)(H,67,68)(H,69,70)(H,71,72)(H,81,82)(H,83,84)/t25-,26-,27-,28-,29-,30-,31-,32-,33-,34-/m0/s1. The third kappa shape index (κ3) is 29.3. The zero-order valence-corrected chi connectivity index (χ0v) is 48.6. The van der Waals surface area contributed by atoms with Crippen molar-refractivity contribution in [3.63, 3.8) is 0 Å². The lowest BCUT2D eigenvalue weighted by Gasteiger charge is -2.26. The van der Waals surface area contributed by atoms with Gasteiger partial charge in [-0.3, -0.25) is 67.1 Å². The molecule has 2 rings (SSSR count). The summed E-state index contributed by atoms with van der Waals surface area (Å²) in [6.07, 6.45) is -2.59. The molecule has 36 heteroatoms. The van der Waals surface area contributed by atoms with Gasteiger partial charge in [0.2, 0.25) is 59.1 Å². The van der Waals surface area contributed by atoms with E-state index in [9.17, 15) is 107 Å². The number of thioether (sulfide) groups is 2. The Balaban J connectivity index is 2.30. The van der Waals surface area contributed by atoms with Crippen LogP contribution >= 0.6 is 23.5 Å². The van der Waals surface area contributed by atoms with Crippen LogP contribution in [0.5, 0.6) is 0 Å². The Bertz CT molecular complexity index is 2280. The zero-order chi connectivity index (χ0) is 64.5. The first kappa shape index (κ1) is 74.2. The molecule has 0 aromatic carbocycles. The molecule has 86 heavy (non-hydrogen) atoms. The van der Waals surface area contributed by atoms with Crippen LogP contribution in [0.1, 0.15) is 116 Å². The van der Waals surface area contributed by atoms with Gasteiger partial charge < -0.3 is 95.3 Å². The fraction of sp³-hybridized carbons (Fsp3) is 0.680. The minimum atomic E-state index is -1.95. The molecule has 0 bridgehead atoms. The number of nitrogens with two attached hydrogens (primary N) is 2. The minimum absolute atomic E-state index is 0.00772. The van der Waals surface area contributed by atoms with Gasteiger partial charge >= 0.3 is 35.8 Å². The molecule has 0 aromatic rings. The lowest BCUT2D eigenvalue weighted by atomic mass is 10.1. The molecule has 2 aliphatic heterocycles. The monoisotopic (exact) mass is 1260 g/mol. The van der Waals surface area contributed by atoms with Gasteiger partial charge in [0, 0.05) is 37.2 Å². The van der Waals surface area contributed by atoms with Gasteiger partial charge in [-0.1, -0.05) is 0 Å². The second-order valence-corrected chi connectivity index (χ2v) is 22.3. The van der Waals surface area contributed by atoms with Crippen molar-refractivity contribution in [3.8, 4) is 0 Å². The summed E-state index contributed by atoms with van der Waals surface area (Å²) in [6, 6.07) is -15.4. The molecule has 2 fully saturated rings. The van der Waals surface area contributed by atoms with Crippen molar-refractivity contribution in [3.05, 3.63) is 0 Å². The van der Waals surface area contributed by atoms with E-state index in [4.69, 9.17) is 11.5 Å². The van der Waals surface area contributed by atoms with Crippen molar-refractivity contribution in [2.45, 2.75) is 176 Å². The van der Waals surface area contributed by atoms with Crippen LogP contribution in [0.15, 0.2) is 0 Å². The number of hydrogen-bond acceptors (Lipinski definition) is 20. The lowest BCUT2D eigenvalue weighted by Crippen LogP contribution is -2.59. The van der Waals surface area contributed by atoms with Crippen LogP contribution in [0.2, 0.25) is 0 Å². The molecule has 0 spiro atoms. The average molecular weight is 1260 g/mol. The summed E-state index contributed by atoms with van der Waals surface area (Å²) in [7, 11) is 0. The molecule has 0 saturated carbocycles. The van der Waals surface area contributed by atoms with Gasteiger partial charge in [-0.15, -0.1) is 0 Å². The Morgan fingerprint density at radius 1 is 0.407 bits per heavy atom. The molecule has 0 aromatic heterocycles. The van der Waals surface area contributed by atoms with E-state index in [1.54, 1.807) is 0 Å². The molecule has 34 nitrogen and oxygen atoms in total. The van der Waals surface area contributed by atoms with Gasteiger partial charge in [0.1, 0.15) is 60.4 Å². The summed E-state index contributed by atoms with van der Waals surface area (Å²) in [5.41, 5.74) is 11.1. The van der Waals surface area contributed by atoms with Crippen molar-refractivity contribution >= 4 is 118 Å². The third-order valence-electron chi connectivity index (χ3n) is 13.0. The van der Waals surface area contributed by atoms with E-state index in [0.717, 1.165) is 23.5 Å². The first-order valence-electron chi connectivity index (χ1n) is 27.6. The molecule has 2 saturated heterocycles. The molecule has 0 aliphatic carbocycles. The largest absolute Gasteiger partial charge is 0.481 e. The fourth-order valence-corrected chi connectivity index (χ4v) is 10.4. The summed E-state index contributed by atoms with van der Waals surface area (Å²) in [5, 5.41) is 80.9. The Morgan fingerprint density at radius 3 is 1.01 bits per heavy atom. The summed E-state index contributed by atoms with van der Waals surface area (Å²) in [6.45, 7) is 0.425. The van der Waals surface area contributed by atoms with E-state index in [1.165, 1.54) is 0 Å². The van der Waals surface area contributed by atoms with Gasteiger partial charge in [0.05, 0.1) is 12.8 Å². The first-order valence-corrected chi connectivity index (χ1v) is 29.9. The number of aliphatic carboxylic acids is 6. The van der Waals surface area contributed by atoms with Gasteiger partial charge in [-0.2, -0.15) is 23.5 Å². The van der Waals surface area contributed by atoms with Crippen LogP contribution in [-0.2, 0) is 76.7 Å². The fourth-order valence-electron chi connectivity index (χ4n) is 8.32. The second kappa shape index (κ2) is 39.7. The third-order valence-corrected chi connectivity index (χ3v) is 15.3. The van der Waals surface area contributed by atoms with E-state index >= 15 is 0 Å². The van der Waals surface area contributed by atoms with E-state index in [0.29, 0.717) is 25.7 Å². The second-order valence-electron chi connectivity index (χ2n) is 20.0. The van der Waals surface area contributed by atoms with Crippen LogP contribution in [-0.4, -0.2) is 222 Å². The summed E-state index contributed by atoms with van der Waals surface area (Å²) < 4.78 is 0. The molecule has 0 radical (unpaired) electrons. The molecule has 10 amide bonds. The zero-order valence-electron chi connectivity index (χ0n) is 46.9. The van der Waals surface area contributed by atoms with Crippen molar-refractivity contribution < 1.29 is 107 Å². The Kier molecular flexibility index (Phi) is 34.3. The molecule has 2 aliphatic rings. The topological polar surface area (TPSA) is 567 Å². The van der Waals surface area contributed by atoms with Crippen molar-refractivity contribution in [2.24, 2.45) is 11.5 Å². The molecule has 482 valence electrons. The van der Waals surface area contributed by atoms with Gasteiger partial charge in [0.25, 0.3) is 0 Å². The number of carbonyl (C=O) groups excluding carboxylic acids is 10. The maximum atomic E-state index is 13.8. The highest BCUT2D eigenvalue weighted by Crippen LogP contribution is 2.16. The van der Waals surface area contributed by atoms with Crippen molar-refractivity contribution in [1.82, 2.24) is 53.2 Å². The molecular formula is C50H78N12O22S2. The summed E-state index contributed by atoms with van der Waals surface area (Å²) in [5.74, 6) is -18.5. The van der Waals surface area contributed by atoms with Crippen LogP contribution in [0, 0.1) is 0 Å². The number of unbranched alkanes of at least 4 members (excludes halogenated alkanes) is 3. The lowest BCUT2D eigenvalue weighted by molar-refractivity contribution is -0.143. The van der Waals surface area contributed by atoms with E-state index < -0.39 is 194 Å². The number of amides is 10. The summed E-state index contributed by atoms with van der Waals surface area (Å²) >= 11 is 2.13. The van der Waals surface area contributed by atoms with Gasteiger partial charge in [0.15, 0.2) is 0 Å². The van der Waals surface area contributed by atoms with Crippen molar-refractivity contribution in [2.75, 3.05) is 36.1 Å². The van der Waals surface area contributed by atoms with Crippen LogP contribution in [0.25, 0.3) is 0 Å². The number of hydrogen-bond donors (Lipinski definition) is 18. The summed E-state index contributed by atoms with van der Waals surface area (Å²) in [4.78, 5) is 203. The smallest absolute Gasteiger partial charge is 0.326 e. The van der Waals surface area contributed by atoms with E-state index in [1.807, 2.05) is 0 Å². The molecule has 0 unspecified atom stereocenters. The number of carboxylic acids is 6. The minimum Gasteiger partial charge on any atom is -0.481 e. The Hall–Kier alpha value is -7.86. The molecular weight excluding hydrogens is 1180 g/mol. The number of carbonyl (C=O) groups is 16. The molecule has 20 N–H and O–H groups in total. The van der Waals surface area contributed by atoms with Crippen LogP contribution in [0.3, 0.4) is 0 Å². The first-order chi connectivity index (χ1) is 40.6. The number of nitrogens with one attached hydrogen (secondary N) is 10. The molecule has 2 heterocycles. The van der Waals surface area contributed by atoms with E-state index in [-0.39, 0.29) is 87.5 Å². The SMILES string of the molecule is NCCCC[C@H](NC(=O)[C@H](CSCCCCSC[C@H](NC(=O)[C@H](CC(=O)O)NC(=O)[C@H](CCC(=O)O)NC(=O)[C@@H]1CCC(=O)N1)C(=O)N[C@@H](CCCCN)C(=O)O)NC(=O)[C@H](CC(=O)O)NC(=O)[C@H](CCC(=O)O)NC(=O)[C@@H]1CCC(=O)N1)C(=O)O. The van der Waals surface area contributed by atoms with Crippen molar-refractivity contribution in [1.29, 1.82) is 0 Å². The predicted octanol–water partition coefficient (Wildman–Crippen LogP) is -5.23. The number of carboxylic acid groups (broad SMARTS) is 6. The van der Waals surface area contributed by atoms with E-state index in [2.05, 4.69) is 53.2 Å². The number of rotatable bonds is 45. The highest BCUT2D eigenvalue weighted by Gasteiger charge is 2.37. The highest BCUT2D eigenvalue weighted by molar-refractivity contribution is 7.99. The van der Waals surface area contributed by atoms with Gasteiger partial charge in [-0.05, 0) is 102 Å².